The Hall–Kier alpha value is -0.490. The highest BCUT2D eigenvalue weighted by atomic mass is 32.1. The van der Waals surface area contributed by atoms with E-state index in [-0.39, 0.29) is 5.41 Å². The number of piperazine rings is 1. The summed E-state index contributed by atoms with van der Waals surface area (Å²) in [4.78, 5) is 11.3. The largest absolute Gasteiger partial charge is 0.314 e. The molecule has 3 heterocycles. The van der Waals surface area contributed by atoms with Crippen LogP contribution in [0, 0.1) is 0 Å². The summed E-state index contributed by atoms with van der Waals surface area (Å²) < 4.78 is 0. The van der Waals surface area contributed by atoms with Crippen molar-refractivity contribution in [3.63, 3.8) is 0 Å². The highest BCUT2D eigenvalue weighted by molar-refractivity contribution is 7.11. The molecule has 0 aliphatic carbocycles. The fourth-order valence-corrected chi connectivity index (χ4v) is 4.26. The number of thiazole rings is 1. The van der Waals surface area contributed by atoms with Gasteiger partial charge in [-0.05, 0) is 6.42 Å². The molecule has 1 unspecified atom stereocenters. The molecule has 3 rings (SSSR count). The van der Waals surface area contributed by atoms with E-state index >= 15 is 0 Å². The van der Waals surface area contributed by atoms with E-state index in [0.717, 1.165) is 25.7 Å². The van der Waals surface area contributed by atoms with Gasteiger partial charge in [-0.3, -0.25) is 9.80 Å². The normalized spacial score (nSPS) is 25.6. The number of likely N-dealkylation sites (tertiary alicyclic amines) is 1. The van der Waals surface area contributed by atoms with Gasteiger partial charge in [-0.1, -0.05) is 20.8 Å². The molecule has 2 saturated heterocycles. The molecular weight excluding hydrogens is 280 g/mol. The average molecular weight is 308 g/mol. The number of hydrogen-bond donors (Lipinski definition) is 1. The van der Waals surface area contributed by atoms with Gasteiger partial charge in [0.15, 0.2) is 0 Å². The van der Waals surface area contributed by atoms with Crippen LogP contribution in [0.1, 0.15) is 37.1 Å². The van der Waals surface area contributed by atoms with Crippen LogP contribution < -0.4 is 5.32 Å². The Morgan fingerprint density at radius 2 is 2.05 bits per heavy atom. The van der Waals surface area contributed by atoms with Crippen LogP contribution in [0.4, 0.5) is 0 Å². The van der Waals surface area contributed by atoms with Crippen molar-refractivity contribution < 1.29 is 0 Å². The van der Waals surface area contributed by atoms with E-state index in [9.17, 15) is 0 Å². The van der Waals surface area contributed by atoms with Gasteiger partial charge in [-0.15, -0.1) is 11.3 Å². The standard InChI is InChI=1S/C16H28N4S/c1-16(2,3)15-18-10-14(21-15)12-19-7-4-13(11-19)20-8-5-17-6-9-20/h10,13,17H,4-9,11-12H2,1-3H3. The van der Waals surface area contributed by atoms with E-state index in [1.807, 2.05) is 11.3 Å². The molecule has 0 spiro atoms. The van der Waals surface area contributed by atoms with E-state index in [1.165, 1.54) is 42.5 Å². The van der Waals surface area contributed by atoms with Gasteiger partial charge in [-0.2, -0.15) is 0 Å². The van der Waals surface area contributed by atoms with Gasteiger partial charge in [0, 0.05) is 68.3 Å². The molecule has 21 heavy (non-hydrogen) atoms. The summed E-state index contributed by atoms with van der Waals surface area (Å²) in [5.41, 5.74) is 0.178. The monoisotopic (exact) mass is 308 g/mol. The lowest BCUT2D eigenvalue weighted by Gasteiger charge is -2.32. The molecule has 0 saturated carbocycles. The predicted molar refractivity (Wildman–Crippen MR) is 88.9 cm³/mol. The van der Waals surface area contributed by atoms with Crippen molar-refractivity contribution >= 4 is 11.3 Å². The van der Waals surface area contributed by atoms with Crippen LogP contribution in [0.3, 0.4) is 0 Å². The first-order valence-electron chi connectivity index (χ1n) is 8.15. The summed E-state index contributed by atoms with van der Waals surface area (Å²) in [5.74, 6) is 0. The summed E-state index contributed by atoms with van der Waals surface area (Å²) >= 11 is 1.89. The molecular formula is C16H28N4S. The number of nitrogens with one attached hydrogen (secondary N) is 1. The molecule has 2 aliphatic heterocycles. The van der Waals surface area contributed by atoms with Gasteiger partial charge in [0.05, 0.1) is 5.01 Å². The Kier molecular flexibility index (Phi) is 4.64. The predicted octanol–water partition coefficient (Wildman–Crippen LogP) is 1.92. The van der Waals surface area contributed by atoms with Gasteiger partial charge >= 0.3 is 0 Å². The van der Waals surface area contributed by atoms with Gasteiger partial charge in [0.1, 0.15) is 0 Å². The second-order valence-electron chi connectivity index (χ2n) is 7.35. The van der Waals surface area contributed by atoms with Crippen LogP contribution in [0.15, 0.2) is 6.20 Å². The second-order valence-corrected chi connectivity index (χ2v) is 8.46. The lowest BCUT2D eigenvalue weighted by Crippen LogP contribution is -2.49. The lowest BCUT2D eigenvalue weighted by molar-refractivity contribution is 0.170. The van der Waals surface area contributed by atoms with Gasteiger partial charge in [-0.25, -0.2) is 4.98 Å². The maximum absolute atomic E-state index is 4.61. The molecule has 118 valence electrons. The number of aromatic nitrogens is 1. The van der Waals surface area contributed by atoms with E-state index in [2.05, 4.69) is 47.1 Å². The van der Waals surface area contributed by atoms with Crippen molar-refractivity contribution in [2.45, 2.75) is 45.2 Å². The van der Waals surface area contributed by atoms with Crippen molar-refractivity contribution in [2.24, 2.45) is 0 Å². The minimum Gasteiger partial charge on any atom is -0.314 e. The number of hydrogen-bond acceptors (Lipinski definition) is 5. The summed E-state index contributed by atoms with van der Waals surface area (Å²) in [7, 11) is 0. The third kappa shape index (κ3) is 3.83. The minimum atomic E-state index is 0.178. The first kappa shape index (κ1) is 15.4. The Bertz CT molecular complexity index is 459. The van der Waals surface area contributed by atoms with E-state index in [0.29, 0.717) is 0 Å². The van der Waals surface area contributed by atoms with Crippen LogP contribution in [0.2, 0.25) is 0 Å². The Balaban J connectivity index is 1.53. The molecule has 1 aromatic rings. The zero-order valence-corrected chi connectivity index (χ0v) is 14.4. The van der Waals surface area contributed by atoms with Gasteiger partial charge in [0.25, 0.3) is 0 Å². The molecule has 1 N–H and O–H groups in total. The molecule has 0 amide bonds. The van der Waals surface area contributed by atoms with Crippen LogP contribution in [-0.2, 0) is 12.0 Å². The second kappa shape index (κ2) is 6.32. The first-order valence-corrected chi connectivity index (χ1v) is 8.96. The third-order valence-electron chi connectivity index (χ3n) is 4.49. The van der Waals surface area contributed by atoms with Gasteiger partial charge < -0.3 is 5.32 Å². The van der Waals surface area contributed by atoms with Crippen molar-refractivity contribution in [2.75, 3.05) is 39.3 Å². The van der Waals surface area contributed by atoms with Crippen LogP contribution >= 0.6 is 11.3 Å². The minimum absolute atomic E-state index is 0.178. The number of nitrogens with zero attached hydrogens (tertiary/aromatic N) is 3. The molecule has 0 radical (unpaired) electrons. The van der Waals surface area contributed by atoms with E-state index < -0.39 is 0 Å². The molecule has 2 aliphatic rings. The highest BCUT2D eigenvalue weighted by Gasteiger charge is 2.28. The quantitative estimate of drug-likeness (QED) is 0.924. The molecule has 0 aromatic carbocycles. The van der Waals surface area contributed by atoms with Crippen LogP contribution in [-0.4, -0.2) is 60.1 Å². The Morgan fingerprint density at radius 1 is 1.29 bits per heavy atom. The molecule has 1 aromatic heterocycles. The summed E-state index contributed by atoms with van der Waals surface area (Å²) in [6.07, 6.45) is 3.41. The van der Waals surface area contributed by atoms with Crippen molar-refractivity contribution in [1.82, 2.24) is 20.1 Å². The van der Waals surface area contributed by atoms with E-state index in [4.69, 9.17) is 0 Å². The molecule has 2 fully saturated rings. The fourth-order valence-electron chi connectivity index (χ4n) is 3.25. The molecule has 1 atom stereocenters. The fraction of sp³-hybridized carbons (Fsp3) is 0.812. The summed E-state index contributed by atoms with van der Waals surface area (Å²) in [6.45, 7) is 15.0. The highest BCUT2D eigenvalue weighted by Crippen LogP contribution is 2.28. The maximum atomic E-state index is 4.61. The van der Waals surface area contributed by atoms with Crippen LogP contribution in [0.5, 0.6) is 0 Å². The van der Waals surface area contributed by atoms with Crippen molar-refractivity contribution in [3.05, 3.63) is 16.1 Å². The van der Waals surface area contributed by atoms with Gasteiger partial charge in [0.2, 0.25) is 0 Å². The summed E-state index contributed by atoms with van der Waals surface area (Å²) in [6, 6.07) is 0.766. The molecule has 5 heteroatoms. The zero-order valence-electron chi connectivity index (χ0n) is 13.6. The number of rotatable bonds is 3. The molecule has 4 nitrogen and oxygen atoms in total. The average Bonchev–Trinajstić information content (AvgIpc) is 3.09. The zero-order chi connectivity index (χ0) is 14.9. The lowest BCUT2D eigenvalue weighted by atomic mass is 9.98. The Labute approximate surface area is 132 Å². The van der Waals surface area contributed by atoms with Crippen molar-refractivity contribution in [1.29, 1.82) is 0 Å². The third-order valence-corrected chi connectivity index (χ3v) is 5.90. The van der Waals surface area contributed by atoms with Crippen molar-refractivity contribution in [3.8, 4) is 0 Å². The first-order chi connectivity index (χ1) is 10.0. The van der Waals surface area contributed by atoms with Crippen LogP contribution in [0.25, 0.3) is 0 Å². The topological polar surface area (TPSA) is 31.4 Å². The SMILES string of the molecule is CC(C)(C)c1ncc(CN2CCC(N3CCNCC3)C2)s1. The maximum Gasteiger partial charge on any atom is 0.0981 e. The smallest absolute Gasteiger partial charge is 0.0981 e. The summed E-state index contributed by atoms with van der Waals surface area (Å²) in [5, 5.41) is 4.70. The van der Waals surface area contributed by atoms with E-state index in [1.54, 1.807) is 0 Å². The molecule has 0 bridgehead atoms. The Morgan fingerprint density at radius 3 is 2.71 bits per heavy atom.